The molecule has 194 valence electrons. The first-order valence-corrected chi connectivity index (χ1v) is 11.5. The van der Waals surface area contributed by atoms with Crippen LogP contribution in [0, 0.1) is 5.82 Å². The lowest BCUT2D eigenvalue weighted by molar-refractivity contribution is -0.159. The van der Waals surface area contributed by atoms with Crippen molar-refractivity contribution in [2.24, 2.45) is 7.05 Å². The van der Waals surface area contributed by atoms with E-state index in [-0.39, 0.29) is 48.6 Å². The fourth-order valence-electron chi connectivity index (χ4n) is 4.08. The zero-order chi connectivity index (χ0) is 26.7. The fraction of sp³-hybridized carbons (Fsp3) is 0.259. The number of ether oxygens (including phenoxy) is 2. The number of hydrogen-bond donors (Lipinski definition) is 1. The maximum absolute atomic E-state index is 13.5. The molecule has 0 radical (unpaired) electrons. The number of halogens is 3. The van der Waals surface area contributed by atoms with Gasteiger partial charge in [-0.05, 0) is 48.4 Å². The monoisotopic (exact) mass is 514 g/mol. The lowest BCUT2D eigenvalue weighted by atomic mass is 9.99. The van der Waals surface area contributed by atoms with E-state index < -0.39 is 23.2 Å². The van der Waals surface area contributed by atoms with E-state index in [1.807, 2.05) is 0 Å². The summed E-state index contributed by atoms with van der Waals surface area (Å²) >= 11 is 0. The molecule has 0 saturated heterocycles. The molecule has 37 heavy (non-hydrogen) atoms. The van der Waals surface area contributed by atoms with Crippen LogP contribution < -0.4 is 20.7 Å². The van der Waals surface area contributed by atoms with E-state index in [0.29, 0.717) is 23.6 Å². The summed E-state index contributed by atoms with van der Waals surface area (Å²) in [4.78, 5) is 26.4. The van der Waals surface area contributed by atoms with Gasteiger partial charge in [0.15, 0.2) is 0 Å². The molecule has 0 unspecified atom stereocenters. The van der Waals surface area contributed by atoms with Crippen molar-refractivity contribution in [2.45, 2.75) is 32.4 Å². The summed E-state index contributed by atoms with van der Waals surface area (Å²) in [5, 5.41) is 9.45. The van der Waals surface area contributed by atoms with Gasteiger partial charge in [-0.1, -0.05) is 18.2 Å². The Hall–Kier alpha value is -4.05. The Kier molecular flexibility index (Phi) is 7.40. The molecule has 0 spiro atoms. The van der Waals surface area contributed by atoms with Gasteiger partial charge >= 0.3 is 11.8 Å². The Labute approximate surface area is 209 Å². The molecule has 10 heteroatoms. The zero-order valence-electron chi connectivity index (χ0n) is 20.2. The highest BCUT2D eigenvalue weighted by Gasteiger charge is 2.24. The molecule has 0 fully saturated rings. The van der Waals surface area contributed by atoms with Gasteiger partial charge in [-0.25, -0.2) is 9.18 Å². The van der Waals surface area contributed by atoms with Crippen LogP contribution in [0.25, 0.3) is 10.9 Å². The number of aromatic nitrogens is 2. The summed E-state index contributed by atoms with van der Waals surface area (Å²) < 4.78 is 53.3. The van der Waals surface area contributed by atoms with Crippen molar-refractivity contribution >= 4 is 10.9 Å². The second-order valence-corrected chi connectivity index (χ2v) is 8.60. The average molecular weight is 515 g/mol. The van der Waals surface area contributed by atoms with Gasteiger partial charge in [-0.3, -0.25) is 13.9 Å². The van der Waals surface area contributed by atoms with Gasteiger partial charge in [0.05, 0.1) is 10.9 Å². The number of hydrogen-bond acceptors (Lipinski definition) is 5. The van der Waals surface area contributed by atoms with Crippen molar-refractivity contribution in [3.63, 3.8) is 0 Å². The van der Waals surface area contributed by atoms with Gasteiger partial charge < -0.3 is 14.6 Å². The van der Waals surface area contributed by atoms with Crippen LogP contribution in [-0.2, 0) is 20.0 Å². The van der Waals surface area contributed by atoms with E-state index in [4.69, 9.17) is 4.74 Å². The first kappa shape index (κ1) is 26.0. The number of benzene rings is 3. The summed E-state index contributed by atoms with van der Waals surface area (Å²) in [6, 6.07) is 14.6. The molecular weight excluding hydrogens is 489 g/mol. The average Bonchev–Trinajstić information content (AvgIpc) is 2.84. The fourth-order valence-corrected chi connectivity index (χ4v) is 4.08. The van der Waals surface area contributed by atoms with Crippen LogP contribution in [0.15, 0.2) is 70.3 Å². The quantitative estimate of drug-likeness (QED) is 0.353. The summed E-state index contributed by atoms with van der Waals surface area (Å²) in [5.74, 6) is -0.0929. The lowest BCUT2D eigenvalue weighted by Crippen LogP contribution is -2.39. The summed E-state index contributed by atoms with van der Waals surface area (Å²) in [6.45, 7) is 0.439. The van der Waals surface area contributed by atoms with Gasteiger partial charge in [0.1, 0.15) is 23.1 Å². The molecule has 1 N–H and O–H groups in total. The Morgan fingerprint density at radius 2 is 1.70 bits per heavy atom. The van der Waals surface area contributed by atoms with Crippen molar-refractivity contribution < 1.29 is 27.8 Å². The van der Waals surface area contributed by atoms with E-state index in [0.717, 1.165) is 4.57 Å². The van der Waals surface area contributed by atoms with Gasteiger partial charge in [0.2, 0.25) is 0 Å². The molecule has 1 aromatic heterocycles. The largest absolute Gasteiger partial charge is 0.457 e. The molecule has 0 atom stereocenters. The normalized spacial score (nSPS) is 11.6. The number of alkyl halides is 2. The van der Waals surface area contributed by atoms with E-state index in [9.17, 15) is 27.9 Å². The molecule has 0 amide bonds. The molecule has 0 aliphatic carbocycles. The predicted molar refractivity (Wildman–Crippen MR) is 132 cm³/mol. The molecule has 4 aromatic rings. The molecular formula is C27H25F3N2O5. The third kappa shape index (κ3) is 5.86. The highest BCUT2D eigenvalue weighted by atomic mass is 19.3. The first-order chi connectivity index (χ1) is 17.6. The number of rotatable bonds is 9. The minimum Gasteiger partial charge on any atom is -0.457 e. The van der Waals surface area contributed by atoms with Crippen molar-refractivity contribution in [2.75, 3.05) is 6.61 Å². The molecule has 4 rings (SSSR count). The second kappa shape index (κ2) is 10.5. The second-order valence-electron chi connectivity index (χ2n) is 8.60. The summed E-state index contributed by atoms with van der Waals surface area (Å²) in [7, 11) is 1.54. The van der Waals surface area contributed by atoms with Gasteiger partial charge in [0, 0.05) is 45.2 Å². The zero-order valence-corrected chi connectivity index (χ0v) is 20.2. The van der Waals surface area contributed by atoms with Crippen LogP contribution in [-0.4, -0.2) is 27.0 Å². The maximum atomic E-state index is 13.5. The highest BCUT2D eigenvalue weighted by molar-refractivity contribution is 5.84. The lowest BCUT2D eigenvalue weighted by Gasteiger charge is -2.18. The molecule has 0 aliphatic rings. The SMILES string of the molecule is Cn1c(=O)n(CCCO)c(=O)c2c(Cc3ccc(F)cc3)c(Oc3cccc(OC(C)(F)F)c3)ccc21. The first-order valence-electron chi connectivity index (χ1n) is 11.5. The van der Waals surface area contributed by atoms with Gasteiger partial charge in [-0.2, -0.15) is 8.78 Å². The Bertz CT molecular complexity index is 1540. The van der Waals surface area contributed by atoms with Crippen LogP contribution in [0.2, 0.25) is 0 Å². The third-order valence-corrected chi connectivity index (χ3v) is 5.75. The van der Waals surface area contributed by atoms with Crippen LogP contribution in [0.4, 0.5) is 13.2 Å². The third-order valence-electron chi connectivity index (χ3n) is 5.75. The number of aryl methyl sites for hydroxylation is 1. The highest BCUT2D eigenvalue weighted by Crippen LogP contribution is 2.34. The minimum atomic E-state index is -3.39. The predicted octanol–water partition coefficient (Wildman–Crippen LogP) is 4.60. The summed E-state index contributed by atoms with van der Waals surface area (Å²) in [5.41, 5.74) is 0.378. The Balaban J connectivity index is 1.90. The van der Waals surface area contributed by atoms with Crippen LogP contribution >= 0.6 is 0 Å². The molecule has 7 nitrogen and oxygen atoms in total. The topological polar surface area (TPSA) is 82.7 Å². The molecule has 0 bridgehead atoms. The molecule has 1 heterocycles. The van der Waals surface area contributed by atoms with Crippen LogP contribution in [0.3, 0.4) is 0 Å². The van der Waals surface area contributed by atoms with E-state index >= 15 is 0 Å². The summed E-state index contributed by atoms with van der Waals surface area (Å²) in [6.07, 6.45) is -3.03. The minimum absolute atomic E-state index is 0.0175. The standard InChI is InChI=1S/C27H25F3N2O5/c1-27(29,30)37-20-6-3-5-19(16-20)36-23-12-11-22-24(21(23)15-17-7-9-18(28)10-8-17)25(34)32(13-4-14-33)26(35)31(22)2/h3,5-12,16,33H,4,13-15H2,1-2H3. The molecule has 0 saturated carbocycles. The van der Waals surface area contributed by atoms with Crippen molar-refractivity contribution in [1.82, 2.24) is 9.13 Å². The Morgan fingerprint density at radius 1 is 1.00 bits per heavy atom. The number of aliphatic hydroxyl groups is 1. The molecule has 0 aliphatic heterocycles. The van der Waals surface area contributed by atoms with Gasteiger partial charge in [0.25, 0.3) is 5.56 Å². The van der Waals surface area contributed by atoms with E-state index in [2.05, 4.69) is 4.74 Å². The van der Waals surface area contributed by atoms with Gasteiger partial charge in [-0.15, -0.1) is 0 Å². The van der Waals surface area contributed by atoms with E-state index in [1.54, 1.807) is 30.3 Å². The molecule has 3 aromatic carbocycles. The van der Waals surface area contributed by atoms with Crippen LogP contribution in [0.5, 0.6) is 17.2 Å². The number of aliphatic hydroxyl groups excluding tert-OH is 1. The van der Waals surface area contributed by atoms with E-state index in [1.165, 1.54) is 41.9 Å². The van der Waals surface area contributed by atoms with Crippen molar-refractivity contribution in [3.05, 3.63) is 98.4 Å². The number of fused-ring (bicyclic) bond motifs is 1. The smallest absolute Gasteiger partial charge is 0.394 e. The van der Waals surface area contributed by atoms with Crippen molar-refractivity contribution in [1.29, 1.82) is 0 Å². The Morgan fingerprint density at radius 3 is 2.38 bits per heavy atom. The van der Waals surface area contributed by atoms with Crippen LogP contribution in [0.1, 0.15) is 24.5 Å². The number of nitrogens with zero attached hydrogens (tertiary/aromatic N) is 2. The van der Waals surface area contributed by atoms with Crippen molar-refractivity contribution in [3.8, 4) is 17.2 Å². The maximum Gasteiger partial charge on any atom is 0.394 e.